The largest absolute Gasteiger partial charge is 0.493 e. The van der Waals surface area contributed by atoms with Gasteiger partial charge in [-0.25, -0.2) is 0 Å². The Balaban J connectivity index is 1.60. The fraction of sp³-hybridized carbons (Fsp3) is 0.571. The van der Waals surface area contributed by atoms with Crippen LogP contribution in [-0.4, -0.2) is 64.0 Å². The van der Waals surface area contributed by atoms with Gasteiger partial charge in [-0.1, -0.05) is 17.3 Å². The molecule has 1 saturated heterocycles. The first-order chi connectivity index (χ1) is 14.1. The molecule has 0 aliphatic carbocycles. The first kappa shape index (κ1) is 19.7. The Hall–Kier alpha value is -2.61. The zero-order chi connectivity index (χ0) is 20.2. The van der Waals surface area contributed by atoms with Crippen molar-refractivity contribution in [1.82, 2.24) is 24.8 Å². The third kappa shape index (κ3) is 4.53. The van der Waals surface area contributed by atoms with Gasteiger partial charge in [-0.2, -0.15) is 0 Å². The van der Waals surface area contributed by atoms with Crippen LogP contribution in [0.5, 0.6) is 11.5 Å². The lowest BCUT2D eigenvalue weighted by Crippen LogP contribution is -2.45. The lowest BCUT2D eigenvalue weighted by molar-refractivity contribution is -0.132. The molecule has 8 nitrogen and oxygen atoms in total. The highest BCUT2D eigenvalue weighted by molar-refractivity contribution is 5.76. The van der Waals surface area contributed by atoms with Crippen LogP contribution in [0, 0.1) is 0 Å². The first-order valence-electron chi connectivity index (χ1n) is 10.3. The molecule has 1 aromatic heterocycles. The molecule has 0 N–H and O–H groups in total. The predicted octanol–water partition coefficient (Wildman–Crippen LogP) is 2.08. The van der Waals surface area contributed by atoms with Gasteiger partial charge in [0.1, 0.15) is 12.3 Å². The fourth-order valence-electron chi connectivity index (χ4n) is 4.17. The first-order valence-corrected chi connectivity index (χ1v) is 10.3. The molecule has 1 amide bonds. The predicted molar refractivity (Wildman–Crippen MR) is 108 cm³/mol. The van der Waals surface area contributed by atoms with E-state index in [4.69, 9.17) is 9.47 Å². The van der Waals surface area contributed by atoms with Crippen LogP contribution < -0.4 is 9.47 Å². The van der Waals surface area contributed by atoms with E-state index in [0.717, 1.165) is 61.7 Å². The summed E-state index contributed by atoms with van der Waals surface area (Å²) in [6.07, 6.45) is 5.19. The molecule has 8 heteroatoms. The molecule has 1 aromatic carbocycles. The zero-order valence-electron chi connectivity index (χ0n) is 17.2. The number of benzene rings is 1. The van der Waals surface area contributed by atoms with Gasteiger partial charge in [0, 0.05) is 44.2 Å². The third-order valence-electron chi connectivity index (χ3n) is 5.87. The highest BCUT2D eigenvalue weighted by Gasteiger charge is 2.26. The minimum Gasteiger partial charge on any atom is -0.493 e. The van der Waals surface area contributed by atoms with Gasteiger partial charge < -0.3 is 14.4 Å². The van der Waals surface area contributed by atoms with E-state index in [1.807, 2.05) is 23.2 Å². The van der Waals surface area contributed by atoms with Crippen LogP contribution in [0.4, 0.5) is 0 Å². The van der Waals surface area contributed by atoms with Crippen molar-refractivity contribution in [1.29, 1.82) is 0 Å². The number of aryl methyl sites for hydroxylation is 1. The Morgan fingerprint density at radius 2 is 2.03 bits per heavy atom. The Labute approximate surface area is 171 Å². The van der Waals surface area contributed by atoms with Crippen LogP contribution in [0.25, 0.3) is 0 Å². The number of fused-ring (bicyclic) bond motifs is 7. The van der Waals surface area contributed by atoms with Crippen LogP contribution >= 0.6 is 0 Å². The van der Waals surface area contributed by atoms with E-state index >= 15 is 0 Å². The molecule has 1 fully saturated rings. The summed E-state index contributed by atoms with van der Waals surface area (Å²) in [5, 5.41) is 8.37. The Bertz CT molecular complexity index is 845. The number of para-hydroxylation sites is 1. The average Bonchev–Trinajstić information content (AvgIpc) is 3.19. The van der Waals surface area contributed by atoms with Crippen LogP contribution in [-0.2, 0) is 24.5 Å². The number of methoxy groups -OCH3 is 1. The second-order valence-electron chi connectivity index (χ2n) is 7.84. The number of nitrogens with zero attached hydrogens (tertiary/aromatic N) is 5. The Morgan fingerprint density at radius 1 is 1.21 bits per heavy atom. The molecule has 4 heterocycles. The van der Waals surface area contributed by atoms with Crippen molar-refractivity contribution in [2.24, 2.45) is 0 Å². The number of amides is 1. The molecular weight excluding hydrogens is 370 g/mol. The van der Waals surface area contributed by atoms with E-state index in [0.29, 0.717) is 25.6 Å². The van der Waals surface area contributed by atoms with Gasteiger partial charge in [0.05, 0.1) is 13.3 Å². The van der Waals surface area contributed by atoms with Crippen molar-refractivity contribution in [3.8, 4) is 11.5 Å². The number of carbonyl (C=O) groups excluding carboxylic acids is 1. The summed E-state index contributed by atoms with van der Waals surface area (Å²) in [6, 6.07) is 6.45. The fourth-order valence-corrected chi connectivity index (χ4v) is 4.17. The Morgan fingerprint density at radius 3 is 2.83 bits per heavy atom. The molecule has 3 aliphatic rings. The molecule has 0 unspecified atom stereocenters. The summed E-state index contributed by atoms with van der Waals surface area (Å²) in [4.78, 5) is 16.9. The lowest BCUT2D eigenvalue weighted by Gasteiger charge is -2.37. The molecule has 156 valence electrons. The molecular formula is C21H29N5O3. The van der Waals surface area contributed by atoms with Gasteiger partial charge in [-0.3, -0.25) is 14.4 Å². The highest BCUT2D eigenvalue weighted by Crippen LogP contribution is 2.33. The SMILES string of the molecule is COc1cccc2c1OCc1cn(nn1)CCCC(=O)N1CCC(CC1)N(C)C2. The summed E-state index contributed by atoms with van der Waals surface area (Å²) in [6.45, 7) is 3.41. The molecule has 0 atom stereocenters. The Kier molecular flexibility index (Phi) is 5.99. The van der Waals surface area contributed by atoms with E-state index in [1.165, 1.54) is 0 Å². The van der Waals surface area contributed by atoms with E-state index in [9.17, 15) is 4.79 Å². The monoisotopic (exact) mass is 399 g/mol. The topological polar surface area (TPSA) is 72.7 Å². The van der Waals surface area contributed by atoms with Crippen molar-refractivity contribution in [3.63, 3.8) is 0 Å². The van der Waals surface area contributed by atoms with Gasteiger partial charge >= 0.3 is 0 Å². The minimum absolute atomic E-state index is 0.245. The second kappa shape index (κ2) is 8.82. The molecule has 0 radical (unpaired) electrons. The average molecular weight is 399 g/mol. The quantitative estimate of drug-likeness (QED) is 0.731. The van der Waals surface area contributed by atoms with Gasteiger partial charge in [-0.15, -0.1) is 5.10 Å². The summed E-state index contributed by atoms with van der Waals surface area (Å²) in [7, 11) is 3.80. The van der Waals surface area contributed by atoms with Crippen molar-refractivity contribution in [3.05, 3.63) is 35.7 Å². The number of carbonyl (C=O) groups is 1. The third-order valence-corrected chi connectivity index (χ3v) is 5.87. The molecule has 0 spiro atoms. The number of piperidine rings is 1. The van der Waals surface area contributed by atoms with Crippen LogP contribution in [0.3, 0.4) is 0 Å². The number of ether oxygens (including phenoxy) is 2. The maximum Gasteiger partial charge on any atom is 0.222 e. The van der Waals surface area contributed by atoms with Crippen molar-refractivity contribution in [2.75, 3.05) is 27.2 Å². The summed E-state index contributed by atoms with van der Waals surface area (Å²) >= 11 is 0. The van der Waals surface area contributed by atoms with E-state index < -0.39 is 0 Å². The molecule has 29 heavy (non-hydrogen) atoms. The number of aromatic nitrogens is 3. The molecule has 4 bridgehead atoms. The molecule has 5 rings (SSSR count). The van der Waals surface area contributed by atoms with Gasteiger partial charge in [0.25, 0.3) is 0 Å². The smallest absolute Gasteiger partial charge is 0.222 e. The molecule has 2 aromatic rings. The van der Waals surface area contributed by atoms with E-state index in [2.05, 4.69) is 28.3 Å². The number of hydrogen-bond donors (Lipinski definition) is 0. The normalized spacial score (nSPS) is 19.5. The maximum absolute atomic E-state index is 12.5. The second-order valence-corrected chi connectivity index (χ2v) is 7.84. The minimum atomic E-state index is 0.245. The summed E-state index contributed by atoms with van der Waals surface area (Å²) in [5.41, 5.74) is 1.84. The van der Waals surface area contributed by atoms with Crippen LogP contribution in [0.2, 0.25) is 0 Å². The standard InChI is InChI=1S/C21H29N5O3/c1-24-13-16-5-3-6-19(28-2)21(16)29-15-17-14-26(23-22-17)10-4-7-20(27)25-11-8-18(24)9-12-25/h3,5-6,14,18H,4,7-13,15H2,1-2H3. The van der Waals surface area contributed by atoms with Gasteiger partial charge in [0.2, 0.25) is 5.91 Å². The lowest BCUT2D eigenvalue weighted by atomic mass is 10.0. The van der Waals surface area contributed by atoms with Crippen molar-refractivity contribution in [2.45, 2.75) is 51.4 Å². The van der Waals surface area contributed by atoms with Crippen molar-refractivity contribution < 1.29 is 14.3 Å². The zero-order valence-corrected chi connectivity index (χ0v) is 17.2. The maximum atomic E-state index is 12.5. The summed E-state index contributed by atoms with van der Waals surface area (Å²) < 4.78 is 13.5. The van der Waals surface area contributed by atoms with Crippen LogP contribution in [0.15, 0.2) is 24.4 Å². The van der Waals surface area contributed by atoms with Gasteiger partial charge in [0.15, 0.2) is 11.5 Å². The van der Waals surface area contributed by atoms with Crippen LogP contribution in [0.1, 0.15) is 36.9 Å². The van der Waals surface area contributed by atoms with Crippen molar-refractivity contribution >= 4 is 5.91 Å². The highest BCUT2D eigenvalue weighted by atomic mass is 16.5. The van der Waals surface area contributed by atoms with E-state index in [-0.39, 0.29) is 5.91 Å². The van der Waals surface area contributed by atoms with E-state index in [1.54, 1.807) is 11.8 Å². The number of hydrogen-bond acceptors (Lipinski definition) is 6. The van der Waals surface area contributed by atoms with Gasteiger partial charge in [-0.05, 0) is 32.4 Å². The molecule has 3 aliphatic heterocycles. The molecule has 0 saturated carbocycles. The number of rotatable bonds is 1. The summed E-state index contributed by atoms with van der Waals surface area (Å²) in [5.74, 6) is 1.73.